The van der Waals surface area contributed by atoms with Crippen molar-refractivity contribution in [2.24, 2.45) is 0 Å². The van der Waals surface area contributed by atoms with Crippen molar-refractivity contribution < 1.29 is 9.53 Å². The minimum atomic E-state index is -0.128. The van der Waals surface area contributed by atoms with Gasteiger partial charge in [0, 0.05) is 53.7 Å². The van der Waals surface area contributed by atoms with E-state index in [2.05, 4.69) is 57.6 Å². The van der Waals surface area contributed by atoms with Crippen LogP contribution in [0.2, 0.25) is 0 Å². The van der Waals surface area contributed by atoms with Gasteiger partial charge < -0.3 is 19.9 Å². The SMILES string of the molecule is COc1ccc(C(=O)Nc2ccc(N3C4CCC3CN(c3cc5ccccc5cn3)C4)cc2)cc1. The number of hydrogen-bond acceptors (Lipinski definition) is 5. The van der Waals surface area contributed by atoms with E-state index in [0.717, 1.165) is 30.3 Å². The maximum absolute atomic E-state index is 12.6. The fourth-order valence-electron chi connectivity index (χ4n) is 5.42. The molecule has 1 N–H and O–H groups in total. The number of nitrogens with one attached hydrogen (secondary N) is 1. The zero-order valence-electron chi connectivity index (χ0n) is 19.7. The second-order valence-electron chi connectivity index (χ2n) is 9.32. The Balaban J connectivity index is 1.14. The van der Waals surface area contributed by atoms with Gasteiger partial charge in [-0.3, -0.25) is 4.79 Å². The molecule has 0 saturated carbocycles. The first-order chi connectivity index (χ1) is 17.2. The number of amides is 1. The van der Waals surface area contributed by atoms with Gasteiger partial charge in [-0.15, -0.1) is 0 Å². The number of piperazine rings is 1. The standard InChI is InChI=1S/C29H28N4O2/c1-35-27-14-6-20(7-15-27)29(34)31-23-8-10-24(11-9-23)33-25-12-13-26(33)19-32(18-25)28-16-21-4-2-3-5-22(21)17-30-28/h2-11,14-17,25-26H,12-13,18-19H2,1H3,(H,31,34). The summed E-state index contributed by atoms with van der Waals surface area (Å²) in [6.07, 6.45) is 4.35. The Morgan fingerprint density at radius 3 is 2.29 bits per heavy atom. The number of rotatable bonds is 5. The zero-order chi connectivity index (χ0) is 23.8. The molecule has 4 aromatic rings. The highest BCUT2D eigenvalue weighted by molar-refractivity contribution is 6.04. The van der Waals surface area contributed by atoms with Crippen molar-refractivity contribution >= 4 is 33.9 Å². The lowest BCUT2D eigenvalue weighted by Gasteiger charge is -2.43. The number of nitrogens with zero attached hydrogens (tertiary/aromatic N) is 3. The topological polar surface area (TPSA) is 57.7 Å². The van der Waals surface area contributed by atoms with Crippen molar-refractivity contribution in [3.05, 3.63) is 90.6 Å². The maximum atomic E-state index is 12.6. The quantitative estimate of drug-likeness (QED) is 0.431. The van der Waals surface area contributed by atoms with Crippen LogP contribution in [0.4, 0.5) is 17.2 Å². The number of ether oxygens (including phenoxy) is 1. The molecule has 3 aromatic carbocycles. The first kappa shape index (κ1) is 21.5. The van der Waals surface area contributed by atoms with Crippen LogP contribution in [-0.2, 0) is 0 Å². The van der Waals surface area contributed by atoms with Gasteiger partial charge in [-0.05, 0) is 72.8 Å². The molecule has 0 aliphatic carbocycles. The highest BCUT2D eigenvalue weighted by Gasteiger charge is 2.40. The van der Waals surface area contributed by atoms with Crippen LogP contribution in [0.1, 0.15) is 23.2 Å². The molecule has 6 nitrogen and oxygen atoms in total. The average molecular weight is 465 g/mol. The monoisotopic (exact) mass is 464 g/mol. The lowest BCUT2D eigenvalue weighted by atomic mass is 10.1. The van der Waals surface area contributed by atoms with Gasteiger partial charge in [0.1, 0.15) is 11.6 Å². The molecule has 2 aliphatic heterocycles. The number of anilines is 3. The Morgan fingerprint density at radius 2 is 1.60 bits per heavy atom. The van der Waals surface area contributed by atoms with Crippen LogP contribution in [-0.4, -0.2) is 43.2 Å². The fraction of sp³-hybridized carbons (Fsp3) is 0.241. The third-order valence-electron chi connectivity index (χ3n) is 7.20. The molecule has 2 unspecified atom stereocenters. The minimum absolute atomic E-state index is 0.128. The molecule has 6 heteroatoms. The highest BCUT2D eigenvalue weighted by atomic mass is 16.5. The Kier molecular flexibility index (Phi) is 5.49. The molecule has 6 rings (SSSR count). The number of aromatic nitrogens is 1. The molecule has 2 fully saturated rings. The third-order valence-corrected chi connectivity index (χ3v) is 7.20. The Morgan fingerprint density at radius 1 is 0.914 bits per heavy atom. The van der Waals surface area contributed by atoms with Crippen molar-refractivity contribution in [2.75, 3.05) is 35.3 Å². The number of hydrogen-bond donors (Lipinski definition) is 1. The summed E-state index contributed by atoms with van der Waals surface area (Å²) in [7, 11) is 1.61. The van der Waals surface area contributed by atoms with Crippen molar-refractivity contribution in [1.82, 2.24) is 4.98 Å². The van der Waals surface area contributed by atoms with E-state index in [1.807, 2.05) is 18.3 Å². The molecule has 2 aliphatic rings. The molecule has 2 atom stereocenters. The second kappa shape index (κ2) is 8.95. The van der Waals surface area contributed by atoms with E-state index in [9.17, 15) is 4.79 Å². The molecule has 3 heterocycles. The molecule has 1 aromatic heterocycles. The van der Waals surface area contributed by atoms with Gasteiger partial charge in [-0.2, -0.15) is 0 Å². The van der Waals surface area contributed by atoms with Crippen molar-refractivity contribution in [1.29, 1.82) is 0 Å². The predicted molar refractivity (Wildman–Crippen MR) is 141 cm³/mol. The van der Waals surface area contributed by atoms with E-state index in [1.165, 1.54) is 29.3 Å². The van der Waals surface area contributed by atoms with Crippen molar-refractivity contribution in [2.45, 2.75) is 24.9 Å². The summed E-state index contributed by atoms with van der Waals surface area (Å²) in [6, 6.07) is 26.9. The molecule has 1 amide bonds. The molecule has 2 bridgehead atoms. The van der Waals surface area contributed by atoms with E-state index in [1.54, 1.807) is 31.4 Å². The van der Waals surface area contributed by atoms with Gasteiger partial charge in [0.25, 0.3) is 5.91 Å². The van der Waals surface area contributed by atoms with E-state index in [4.69, 9.17) is 9.72 Å². The van der Waals surface area contributed by atoms with Gasteiger partial charge in [-0.25, -0.2) is 4.98 Å². The summed E-state index contributed by atoms with van der Waals surface area (Å²) in [5.74, 6) is 1.67. The fourth-order valence-corrected chi connectivity index (χ4v) is 5.42. The van der Waals surface area contributed by atoms with E-state index in [0.29, 0.717) is 17.6 Å². The van der Waals surface area contributed by atoms with Crippen molar-refractivity contribution in [3.8, 4) is 5.75 Å². The van der Waals surface area contributed by atoms with Crippen LogP contribution in [0.5, 0.6) is 5.75 Å². The average Bonchev–Trinajstić information content (AvgIpc) is 3.17. The van der Waals surface area contributed by atoms with Crippen LogP contribution < -0.4 is 19.9 Å². The van der Waals surface area contributed by atoms with E-state index < -0.39 is 0 Å². The maximum Gasteiger partial charge on any atom is 0.255 e. The molecule has 2 saturated heterocycles. The Bertz CT molecular complexity index is 1340. The van der Waals surface area contributed by atoms with Crippen LogP contribution in [0.3, 0.4) is 0 Å². The number of carbonyl (C=O) groups excluding carboxylic acids is 1. The highest BCUT2D eigenvalue weighted by Crippen LogP contribution is 2.37. The minimum Gasteiger partial charge on any atom is -0.497 e. The van der Waals surface area contributed by atoms with Crippen LogP contribution >= 0.6 is 0 Å². The molecule has 0 radical (unpaired) electrons. The normalized spacial score (nSPS) is 19.1. The largest absolute Gasteiger partial charge is 0.497 e. The molecular weight excluding hydrogens is 436 g/mol. The van der Waals surface area contributed by atoms with E-state index in [-0.39, 0.29) is 5.91 Å². The summed E-state index contributed by atoms with van der Waals surface area (Å²) in [5, 5.41) is 5.41. The number of carbonyl (C=O) groups is 1. The number of methoxy groups -OCH3 is 1. The summed E-state index contributed by atoms with van der Waals surface area (Å²) in [5.41, 5.74) is 2.61. The predicted octanol–water partition coefficient (Wildman–Crippen LogP) is 5.35. The summed E-state index contributed by atoms with van der Waals surface area (Å²) in [6.45, 7) is 1.94. The zero-order valence-corrected chi connectivity index (χ0v) is 19.7. The van der Waals surface area contributed by atoms with Crippen molar-refractivity contribution in [3.63, 3.8) is 0 Å². The second-order valence-corrected chi connectivity index (χ2v) is 9.32. The molecule has 0 spiro atoms. The van der Waals surface area contributed by atoms with Gasteiger partial charge in [0.2, 0.25) is 0 Å². The van der Waals surface area contributed by atoms with E-state index >= 15 is 0 Å². The number of pyridine rings is 1. The lowest BCUT2D eigenvalue weighted by Crippen LogP contribution is -2.54. The summed E-state index contributed by atoms with van der Waals surface area (Å²) in [4.78, 5) is 22.4. The molecule has 35 heavy (non-hydrogen) atoms. The molecular formula is C29H28N4O2. The lowest BCUT2D eigenvalue weighted by molar-refractivity contribution is 0.102. The number of fused-ring (bicyclic) bond motifs is 3. The van der Waals surface area contributed by atoms with Crippen LogP contribution in [0.25, 0.3) is 10.8 Å². The van der Waals surface area contributed by atoms with Gasteiger partial charge >= 0.3 is 0 Å². The summed E-state index contributed by atoms with van der Waals surface area (Å²) < 4.78 is 5.17. The summed E-state index contributed by atoms with van der Waals surface area (Å²) >= 11 is 0. The Hall–Kier alpha value is -4.06. The van der Waals surface area contributed by atoms with Gasteiger partial charge in [0.05, 0.1) is 7.11 Å². The first-order valence-corrected chi connectivity index (χ1v) is 12.1. The smallest absolute Gasteiger partial charge is 0.255 e. The third kappa shape index (κ3) is 4.16. The molecule has 176 valence electrons. The Labute approximate surface area is 205 Å². The van der Waals surface area contributed by atoms with Gasteiger partial charge in [0.15, 0.2) is 0 Å². The van der Waals surface area contributed by atoms with Gasteiger partial charge in [-0.1, -0.05) is 24.3 Å². The first-order valence-electron chi connectivity index (χ1n) is 12.1. The van der Waals surface area contributed by atoms with Crippen LogP contribution in [0, 0.1) is 0 Å². The van der Waals surface area contributed by atoms with Crippen LogP contribution in [0.15, 0.2) is 85.1 Å². The number of benzene rings is 3.